The van der Waals surface area contributed by atoms with Crippen molar-refractivity contribution in [1.82, 2.24) is 14.1 Å². The van der Waals surface area contributed by atoms with Crippen LogP contribution in [0.3, 0.4) is 0 Å². The lowest BCUT2D eigenvalue weighted by molar-refractivity contribution is -0.226. The van der Waals surface area contributed by atoms with Crippen molar-refractivity contribution in [3.05, 3.63) is 63.2 Å². The summed E-state index contributed by atoms with van der Waals surface area (Å²) in [6.45, 7) is 7.07. The highest BCUT2D eigenvalue weighted by Crippen LogP contribution is 2.42. The van der Waals surface area contributed by atoms with Gasteiger partial charge in [0.2, 0.25) is 6.10 Å². The van der Waals surface area contributed by atoms with Crippen LogP contribution in [0.4, 0.5) is 4.39 Å². The maximum atomic E-state index is 16.6. The second-order valence-electron chi connectivity index (χ2n) is 10.7. The Hall–Kier alpha value is -4.11. The minimum absolute atomic E-state index is 0. The van der Waals surface area contributed by atoms with Gasteiger partial charge in [-0.15, -0.1) is 12.4 Å². The van der Waals surface area contributed by atoms with Gasteiger partial charge in [0.15, 0.2) is 25.7 Å². The summed E-state index contributed by atoms with van der Waals surface area (Å²) in [6.07, 6.45) is -1.98. The topological polar surface area (TPSA) is 171 Å². The first-order valence-electron chi connectivity index (χ1n) is 13.5. The Bertz CT molecular complexity index is 1460. The van der Waals surface area contributed by atoms with Gasteiger partial charge in [-0.2, -0.15) is 0 Å². The van der Waals surface area contributed by atoms with Gasteiger partial charge < -0.3 is 23.7 Å². The molecule has 1 aliphatic heterocycles. The zero-order valence-corrected chi connectivity index (χ0v) is 25.8. The van der Waals surface area contributed by atoms with E-state index in [1.54, 1.807) is 0 Å². The molecule has 0 saturated carbocycles. The van der Waals surface area contributed by atoms with Crippen LogP contribution in [0.2, 0.25) is 0 Å². The van der Waals surface area contributed by atoms with E-state index in [1.807, 2.05) is 0 Å². The molecule has 0 aromatic carbocycles. The number of hydrogen-bond donors (Lipinski definition) is 0. The van der Waals surface area contributed by atoms with E-state index in [4.69, 9.17) is 23.7 Å². The summed E-state index contributed by atoms with van der Waals surface area (Å²) in [7, 11) is 0. The molecule has 0 bridgehead atoms. The van der Waals surface area contributed by atoms with Gasteiger partial charge in [-0.3, -0.25) is 28.7 Å². The van der Waals surface area contributed by atoms with Crippen molar-refractivity contribution in [2.24, 2.45) is 17.8 Å². The highest BCUT2D eigenvalue weighted by molar-refractivity contribution is 5.88. The summed E-state index contributed by atoms with van der Waals surface area (Å²) in [5.74, 6) is -8.63. The monoisotopic (exact) mass is 643 g/mol. The number of aromatic nitrogens is 3. The van der Waals surface area contributed by atoms with E-state index < -0.39 is 90.5 Å². The quantitative estimate of drug-likeness (QED) is 0.258. The van der Waals surface area contributed by atoms with Crippen molar-refractivity contribution in [1.29, 1.82) is 0 Å². The summed E-state index contributed by atoms with van der Waals surface area (Å²) in [4.78, 5) is 79.7. The molecule has 16 heteroatoms. The number of nitrogens with zero attached hydrogens (tertiary/aromatic N) is 3. The molecule has 0 radical (unpaired) electrons. The van der Waals surface area contributed by atoms with E-state index in [2.05, 4.69) is 4.98 Å². The second kappa shape index (κ2) is 15.1. The van der Waals surface area contributed by atoms with Crippen LogP contribution in [0.1, 0.15) is 58.1 Å². The van der Waals surface area contributed by atoms with Gasteiger partial charge in [-0.05, 0) is 12.1 Å². The Balaban J connectivity index is 0.00000675. The van der Waals surface area contributed by atoms with Crippen molar-refractivity contribution in [2.45, 2.75) is 72.6 Å². The van der Waals surface area contributed by atoms with Crippen LogP contribution in [0, 0.1) is 17.8 Å². The third kappa shape index (κ3) is 8.29. The Morgan fingerprint density at radius 3 is 2.14 bits per heavy atom. The highest BCUT2D eigenvalue weighted by atomic mass is 35.5. The largest absolute Gasteiger partial charge is 0.459 e. The number of carbonyl (C=O) groups excluding carboxylic acids is 4. The molecule has 4 atom stereocenters. The van der Waals surface area contributed by atoms with Crippen molar-refractivity contribution in [3.8, 4) is 0 Å². The molecule has 44 heavy (non-hydrogen) atoms. The first-order chi connectivity index (χ1) is 20.2. The maximum absolute atomic E-state index is 16.6. The molecule has 1 aliphatic rings. The fraction of sp³-hybridized carbons (Fsp3) is 0.536. The smallest absolute Gasteiger partial charge is 0.341 e. The van der Waals surface area contributed by atoms with Crippen LogP contribution >= 0.6 is 12.4 Å². The van der Waals surface area contributed by atoms with Gasteiger partial charge in [0, 0.05) is 24.7 Å². The Morgan fingerprint density at radius 1 is 0.955 bits per heavy atom. The van der Waals surface area contributed by atoms with Crippen LogP contribution in [0.5, 0.6) is 0 Å². The van der Waals surface area contributed by atoms with Gasteiger partial charge in [0.25, 0.3) is 11.4 Å². The van der Waals surface area contributed by atoms with Crippen LogP contribution in [-0.4, -0.2) is 62.7 Å². The Kier molecular flexibility index (Phi) is 12.3. The van der Waals surface area contributed by atoms with E-state index >= 15 is 4.39 Å². The summed E-state index contributed by atoms with van der Waals surface area (Å²) in [5.41, 5.74) is -1.96. The number of pyridine rings is 1. The summed E-state index contributed by atoms with van der Waals surface area (Å²) in [6, 6.07) is 3.81. The number of rotatable bonds is 11. The van der Waals surface area contributed by atoms with Crippen molar-refractivity contribution in [2.75, 3.05) is 6.61 Å². The highest BCUT2D eigenvalue weighted by Gasteiger charge is 2.62. The SMILES string of the molecule is CC(C)C(=O)OC[C@@]1(F)O[C@@H](n2ccc(=O)n(COC(=O)c3cccnc3)c2=O)[C@H](OC(=O)C(C)C)[C@@H]1OC(=O)C(C)C.Cl. The number of ether oxygens (including phenoxy) is 5. The number of esters is 4. The standard InChI is InChI=1S/C28H34FN3O11.ClH/c1-15(2)23(34)39-13-28(29)21(42-25(36)17(5)6)20(41-24(35)16(3)4)22(43-28)31-11-9-19(33)32(27(31)38)14-40-26(37)18-8-7-10-30-12-18;/h7-12,15-17,20-22H,13-14H2,1-6H3;1H/t20-,21+,22-,28-;/m1./s1. The van der Waals surface area contributed by atoms with Gasteiger partial charge in [-0.1, -0.05) is 41.5 Å². The molecule has 2 aromatic heterocycles. The van der Waals surface area contributed by atoms with Gasteiger partial charge in [-0.25, -0.2) is 18.5 Å². The third-order valence-corrected chi connectivity index (χ3v) is 6.23. The van der Waals surface area contributed by atoms with Crippen LogP contribution < -0.4 is 11.2 Å². The molecular weight excluding hydrogens is 609 g/mol. The molecule has 2 aromatic rings. The minimum Gasteiger partial charge on any atom is -0.459 e. The lowest BCUT2D eigenvalue weighted by Crippen LogP contribution is -2.49. The lowest BCUT2D eigenvalue weighted by atomic mass is 10.1. The van der Waals surface area contributed by atoms with Crippen LogP contribution in [0.25, 0.3) is 0 Å². The average Bonchev–Trinajstić information content (AvgIpc) is 3.22. The molecule has 1 fully saturated rings. The van der Waals surface area contributed by atoms with Crippen molar-refractivity contribution >= 4 is 36.3 Å². The summed E-state index contributed by atoms with van der Waals surface area (Å²) < 4.78 is 44.4. The third-order valence-electron chi connectivity index (χ3n) is 6.23. The number of hydrogen-bond acceptors (Lipinski definition) is 12. The van der Waals surface area contributed by atoms with Crippen LogP contribution in [0.15, 0.2) is 46.4 Å². The van der Waals surface area contributed by atoms with E-state index in [0.717, 1.165) is 16.8 Å². The molecule has 0 aliphatic carbocycles. The molecule has 0 unspecified atom stereocenters. The van der Waals surface area contributed by atoms with Crippen LogP contribution in [-0.2, 0) is 44.8 Å². The molecular formula is C28H35ClFN3O11. The maximum Gasteiger partial charge on any atom is 0.341 e. The van der Waals surface area contributed by atoms with Crippen molar-refractivity contribution < 1.29 is 47.3 Å². The first kappa shape index (κ1) is 36.1. The minimum atomic E-state index is -3.09. The van der Waals surface area contributed by atoms with Gasteiger partial charge in [0.05, 0.1) is 23.3 Å². The molecule has 1 saturated heterocycles. The zero-order valence-electron chi connectivity index (χ0n) is 25.0. The van der Waals surface area contributed by atoms with E-state index in [9.17, 15) is 28.8 Å². The number of halogens is 2. The fourth-order valence-electron chi connectivity index (χ4n) is 3.74. The van der Waals surface area contributed by atoms with Gasteiger partial charge in [0.1, 0.15) is 0 Å². The molecule has 0 N–H and O–H groups in total. The molecule has 3 heterocycles. The number of alkyl halides is 1. The van der Waals surface area contributed by atoms with Gasteiger partial charge >= 0.3 is 29.6 Å². The lowest BCUT2D eigenvalue weighted by Gasteiger charge is -2.28. The van der Waals surface area contributed by atoms with E-state index in [-0.39, 0.29) is 18.0 Å². The molecule has 3 rings (SSSR count). The van der Waals surface area contributed by atoms with E-state index in [0.29, 0.717) is 4.57 Å². The fourth-order valence-corrected chi connectivity index (χ4v) is 3.74. The molecule has 14 nitrogen and oxygen atoms in total. The molecule has 0 spiro atoms. The normalized spacial score (nSPS) is 21.1. The zero-order chi connectivity index (χ0) is 32.1. The summed E-state index contributed by atoms with van der Waals surface area (Å²) >= 11 is 0. The van der Waals surface area contributed by atoms with Crippen molar-refractivity contribution in [3.63, 3.8) is 0 Å². The molecule has 0 amide bonds. The Labute approximate surface area is 257 Å². The predicted octanol–water partition coefficient (Wildman–Crippen LogP) is 2.17. The summed E-state index contributed by atoms with van der Waals surface area (Å²) in [5, 5.41) is 0. The first-order valence-corrected chi connectivity index (χ1v) is 13.5. The average molecular weight is 644 g/mol. The second-order valence-corrected chi connectivity index (χ2v) is 10.7. The predicted molar refractivity (Wildman–Crippen MR) is 151 cm³/mol. The van der Waals surface area contributed by atoms with E-state index in [1.165, 1.54) is 66.1 Å². The molecule has 242 valence electrons. The Morgan fingerprint density at radius 2 is 1.57 bits per heavy atom. The number of carbonyl (C=O) groups is 4.